The van der Waals surface area contributed by atoms with Gasteiger partial charge in [0.05, 0.1) is 12.5 Å². The molecule has 0 heterocycles. The summed E-state index contributed by atoms with van der Waals surface area (Å²) < 4.78 is 5.20. The van der Waals surface area contributed by atoms with Crippen molar-refractivity contribution in [2.24, 2.45) is 0 Å². The van der Waals surface area contributed by atoms with Gasteiger partial charge >= 0.3 is 5.97 Å². The van der Waals surface area contributed by atoms with Crippen molar-refractivity contribution in [3.05, 3.63) is 29.8 Å². The number of anilines is 1. The number of carbonyl (C=O) groups is 2. The van der Waals surface area contributed by atoms with Gasteiger partial charge in [-0.25, -0.2) is 0 Å². The third kappa shape index (κ3) is 5.84. The van der Waals surface area contributed by atoms with Crippen LogP contribution in [-0.2, 0) is 14.3 Å². The lowest BCUT2D eigenvalue weighted by Gasteiger charge is -2.11. The Morgan fingerprint density at radius 3 is 2.30 bits per heavy atom. The van der Waals surface area contributed by atoms with Crippen LogP contribution in [0.1, 0.15) is 38.7 Å². The summed E-state index contributed by atoms with van der Waals surface area (Å²) in [6.07, 6.45) is 0.105. The number of carbonyl (C=O) groups excluding carboxylic acids is 1. The molecule has 1 amide bonds. The minimum absolute atomic E-state index is 0.0139. The second-order valence-electron chi connectivity index (χ2n) is 5.03. The van der Waals surface area contributed by atoms with Gasteiger partial charge in [0.1, 0.15) is 6.61 Å². The maximum Gasteiger partial charge on any atom is 0.303 e. The average molecular weight is 279 g/mol. The van der Waals surface area contributed by atoms with Crippen LogP contribution in [-0.4, -0.2) is 29.7 Å². The van der Waals surface area contributed by atoms with E-state index in [0.717, 1.165) is 5.56 Å². The van der Waals surface area contributed by atoms with Gasteiger partial charge in [0.15, 0.2) is 0 Å². The van der Waals surface area contributed by atoms with Crippen molar-refractivity contribution in [3.63, 3.8) is 0 Å². The molecule has 0 radical (unpaired) electrons. The lowest BCUT2D eigenvalue weighted by atomic mass is 9.98. The molecule has 0 aliphatic heterocycles. The molecule has 0 saturated carbocycles. The van der Waals surface area contributed by atoms with Gasteiger partial charge < -0.3 is 15.2 Å². The van der Waals surface area contributed by atoms with Gasteiger partial charge in [-0.3, -0.25) is 9.59 Å². The lowest BCUT2D eigenvalue weighted by molar-refractivity contribution is -0.137. The Labute approximate surface area is 118 Å². The van der Waals surface area contributed by atoms with E-state index in [-0.39, 0.29) is 31.0 Å². The first-order valence-electron chi connectivity index (χ1n) is 6.61. The molecule has 110 valence electrons. The molecule has 1 aromatic rings. The Morgan fingerprint density at radius 1 is 1.20 bits per heavy atom. The first kappa shape index (κ1) is 16.2. The van der Waals surface area contributed by atoms with E-state index in [9.17, 15) is 9.59 Å². The van der Waals surface area contributed by atoms with Crippen molar-refractivity contribution in [1.82, 2.24) is 0 Å². The predicted molar refractivity (Wildman–Crippen MR) is 76.8 cm³/mol. The van der Waals surface area contributed by atoms with Crippen LogP contribution in [0.2, 0.25) is 0 Å². The first-order valence-corrected chi connectivity index (χ1v) is 6.61. The molecule has 0 fully saturated rings. The number of carboxylic acid groups (broad SMARTS) is 1. The van der Waals surface area contributed by atoms with Crippen LogP contribution in [0.25, 0.3) is 0 Å². The number of hydrogen-bond acceptors (Lipinski definition) is 3. The van der Waals surface area contributed by atoms with Gasteiger partial charge in [0.25, 0.3) is 0 Å². The van der Waals surface area contributed by atoms with Crippen molar-refractivity contribution >= 4 is 17.6 Å². The highest BCUT2D eigenvalue weighted by atomic mass is 16.5. The van der Waals surface area contributed by atoms with Crippen molar-refractivity contribution in [1.29, 1.82) is 0 Å². The number of aliphatic carboxylic acids is 1. The summed E-state index contributed by atoms with van der Waals surface area (Å²) in [5, 5.41) is 11.5. The van der Waals surface area contributed by atoms with E-state index in [1.165, 1.54) is 0 Å². The number of amides is 1. The van der Waals surface area contributed by atoms with Crippen LogP contribution in [0, 0.1) is 0 Å². The second kappa shape index (κ2) is 7.65. The minimum atomic E-state index is -0.819. The summed E-state index contributed by atoms with van der Waals surface area (Å²) in [6, 6.07) is 7.18. The van der Waals surface area contributed by atoms with Crippen molar-refractivity contribution in [2.45, 2.75) is 39.2 Å². The molecule has 1 unspecified atom stereocenters. The molecule has 5 nitrogen and oxygen atoms in total. The number of hydrogen-bond donors (Lipinski definition) is 2. The van der Waals surface area contributed by atoms with Crippen LogP contribution in [0.15, 0.2) is 24.3 Å². The molecule has 20 heavy (non-hydrogen) atoms. The quantitative estimate of drug-likeness (QED) is 0.804. The SMILES string of the molecule is CC(C)OCC(=O)Nc1ccc(C(C)CC(=O)O)cc1. The Morgan fingerprint density at radius 2 is 1.80 bits per heavy atom. The summed E-state index contributed by atoms with van der Waals surface area (Å²) in [7, 11) is 0. The number of ether oxygens (including phenoxy) is 1. The number of benzene rings is 1. The fourth-order valence-electron chi connectivity index (χ4n) is 1.71. The van der Waals surface area contributed by atoms with Gasteiger partial charge in [-0.2, -0.15) is 0 Å². The molecule has 0 aliphatic carbocycles. The van der Waals surface area contributed by atoms with Gasteiger partial charge in [0, 0.05) is 5.69 Å². The molecule has 1 atom stereocenters. The number of rotatable bonds is 7. The highest BCUT2D eigenvalue weighted by molar-refractivity contribution is 5.91. The average Bonchev–Trinajstić information content (AvgIpc) is 2.36. The van der Waals surface area contributed by atoms with Crippen LogP contribution in [0.4, 0.5) is 5.69 Å². The Kier molecular flexibility index (Phi) is 6.18. The summed E-state index contributed by atoms with van der Waals surface area (Å²) in [5.74, 6) is -1.08. The monoisotopic (exact) mass is 279 g/mol. The zero-order chi connectivity index (χ0) is 15.1. The fraction of sp³-hybridized carbons (Fsp3) is 0.467. The zero-order valence-corrected chi connectivity index (χ0v) is 12.1. The molecule has 0 bridgehead atoms. The minimum Gasteiger partial charge on any atom is -0.481 e. The molecule has 1 rings (SSSR count). The van der Waals surface area contributed by atoms with E-state index >= 15 is 0 Å². The van der Waals surface area contributed by atoms with Gasteiger partial charge in [-0.05, 0) is 37.5 Å². The predicted octanol–water partition coefficient (Wildman–Crippen LogP) is 2.63. The second-order valence-corrected chi connectivity index (χ2v) is 5.03. The van der Waals surface area contributed by atoms with Crippen LogP contribution in [0.5, 0.6) is 0 Å². The first-order chi connectivity index (χ1) is 9.38. The molecule has 0 aliphatic rings. The molecule has 1 aromatic carbocycles. The normalized spacial score (nSPS) is 12.2. The van der Waals surface area contributed by atoms with Gasteiger partial charge in [-0.1, -0.05) is 19.1 Å². The maximum absolute atomic E-state index is 11.6. The molecule has 0 spiro atoms. The Hall–Kier alpha value is -1.88. The topological polar surface area (TPSA) is 75.6 Å². The third-order valence-electron chi connectivity index (χ3n) is 2.79. The Balaban J connectivity index is 2.54. The van der Waals surface area contributed by atoms with Gasteiger partial charge in [-0.15, -0.1) is 0 Å². The van der Waals surface area contributed by atoms with E-state index in [4.69, 9.17) is 9.84 Å². The van der Waals surface area contributed by atoms with E-state index in [1.54, 1.807) is 12.1 Å². The summed E-state index contributed by atoms with van der Waals surface area (Å²) in [5.41, 5.74) is 1.61. The molecular formula is C15H21NO4. The van der Waals surface area contributed by atoms with Crippen molar-refractivity contribution in [3.8, 4) is 0 Å². The number of nitrogens with one attached hydrogen (secondary N) is 1. The molecule has 0 aromatic heterocycles. The third-order valence-corrected chi connectivity index (χ3v) is 2.79. The number of carboxylic acids is 1. The Bertz CT molecular complexity index is 453. The highest BCUT2D eigenvalue weighted by Gasteiger charge is 2.10. The lowest BCUT2D eigenvalue weighted by Crippen LogP contribution is -2.20. The van der Waals surface area contributed by atoms with Crippen LogP contribution >= 0.6 is 0 Å². The molecule has 0 saturated heterocycles. The maximum atomic E-state index is 11.6. The summed E-state index contributed by atoms with van der Waals surface area (Å²) in [6.45, 7) is 5.62. The molecular weight excluding hydrogens is 258 g/mol. The van der Waals surface area contributed by atoms with E-state index < -0.39 is 5.97 Å². The zero-order valence-electron chi connectivity index (χ0n) is 12.1. The largest absolute Gasteiger partial charge is 0.481 e. The van der Waals surface area contributed by atoms with E-state index in [1.807, 2.05) is 32.9 Å². The van der Waals surface area contributed by atoms with E-state index in [2.05, 4.69) is 5.32 Å². The molecule has 5 heteroatoms. The molecule has 2 N–H and O–H groups in total. The van der Waals surface area contributed by atoms with Crippen LogP contribution < -0.4 is 5.32 Å². The summed E-state index contributed by atoms with van der Waals surface area (Å²) >= 11 is 0. The summed E-state index contributed by atoms with van der Waals surface area (Å²) in [4.78, 5) is 22.2. The highest BCUT2D eigenvalue weighted by Crippen LogP contribution is 2.20. The van der Waals surface area contributed by atoms with Gasteiger partial charge in [0.2, 0.25) is 5.91 Å². The van der Waals surface area contributed by atoms with Crippen molar-refractivity contribution < 1.29 is 19.4 Å². The van der Waals surface area contributed by atoms with Crippen molar-refractivity contribution in [2.75, 3.05) is 11.9 Å². The van der Waals surface area contributed by atoms with E-state index in [0.29, 0.717) is 5.69 Å². The van der Waals surface area contributed by atoms with Crippen LogP contribution in [0.3, 0.4) is 0 Å². The fourth-order valence-corrected chi connectivity index (χ4v) is 1.71. The standard InChI is InChI=1S/C15H21NO4/c1-10(2)20-9-14(17)16-13-6-4-12(5-7-13)11(3)8-15(18)19/h4-7,10-11H,8-9H2,1-3H3,(H,16,17)(H,18,19). The smallest absolute Gasteiger partial charge is 0.303 e.